The van der Waals surface area contributed by atoms with Crippen molar-refractivity contribution in [2.75, 3.05) is 14.2 Å². The van der Waals surface area contributed by atoms with Crippen LogP contribution in [0.3, 0.4) is 0 Å². The molecule has 0 aromatic heterocycles. The number of carbonyl (C=O) groups is 1. The largest absolute Gasteiger partial charge is 0.507 e. The van der Waals surface area contributed by atoms with E-state index in [9.17, 15) is 9.90 Å². The molecule has 32 heavy (non-hydrogen) atoms. The highest BCUT2D eigenvalue weighted by Gasteiger charge is 2.23. The molecule has 0 saturated heterocycles. The summed E-state index contributed by atoms with van der Waals surface area (Å²) < 4.78 is 10.9. The Morgan fingerprint density at radius 3 is 2.31 bits per heavy atom. The van der Waals surface area contributed by atoms with Crippen LogP contribution in [0.1, 0.15) is 28.9 Å². The highest BCUT2D eigenvalue weighted by molar-refractivity contribution is 6.11. The Labute approximate surface area is 187 Å². The maximum Gasteiger partial charge on any atom is 0.252 e. The van der Waals surface area contributed by atoms with Gasteiger partial charge in [-0.2, -0.15) is 0 Å². The number of amides is 1. The Morgan fingerprint density at radius 2 is 1.59 bits per heavy atom. The summed E-state index contributed by atoms with van der Waals surface area (Å²) in [6.45, 7) is 1.94. The van der Waals surface area contributed by atoms with Crippen molar-refractivity contribution < 1.29 is 19.4 Å². The minimum Gasteiger partial charge on any atom is -0.507 e. The molecule has 5 heteroatoms. The number of rotatable bonds is 6. The summed E-state index contributed by atoms with van der Waals surface area (Å²) in [6, 6.07) is 24.3. The third-order valence-electron chi connectivity index (χ3n) is 5.58. The molecule has 4 aromatic carbocycles. The molecule has 0 aliphatic heterocycles. The SMILES string of the molecule is COc1cc(O)c(-c2c(C(=O)N[C@@H](C)c3ccccc3)ccc3ccccc23)c(OC)c1. The van der Waals surface area contributed by atoms with Crippen LogP contribution < -0.4 is 14.8 Å². The second-order valence-electron chi connectivity index (χ2n) is 7.54. The van der Waals surface area contributed by atoms with Crippen molar-refractivity contribution in [3.8, 4) is 28.4 Å². The maximum atomic E-state index is 13.4. The number of aromatic hydroxyl groups is 1. The number of ether oxygens (including phenoxy) is 2. The number of benzene rings is 4. The van der Waals surface area contributed by atoms with Crippen LogP contribution in [0.15, 0.2) is 78.9 Å². The van der Waals surface area contributed by atoms with Crippen LogP contribution in [-0.2, 0) is 0 Å². The smallest absolute Gasteiger partial charge is 0.252 e. The third-order valence-corrected chi connectivity index (χ3v) is 5.58. The van der Waals surface area contributed by atoms with E-state index >= 15 is 0 Å². The predicted molar refractivity (Wildman–Crippen MR) is 126 cm³/mol. The first-order valence-electron chi connectivity index (χ1n) is 10.4. The fraction of sp³-hybridized carbons (Fsp3) is 0.148. The van der Waals surface area contributed by atoms with Gasteiger partial charge in [0.25, 0.3) is 5.91 Å². The summed E-state index contributed by atoms with van der Waals surface area (Å²) in [5, 5.41) is 15.8. The van der Waals surface area contributed by atoms with Gasteiger partial charge < -0.3 is 19.9 Å². The maximum absolute atomic E-state index is 13.4. The molecule has 0 aliphatic rings. The lowest BCUT2D eigenvalue weighted by molar-refractivity contribution is 0.0940. The molecule has 0 fully saturated rings. The molecule has 5 nitrogen and oxygen atoms in total. The molecule has 0 bridgehead atoms. The Morgan fingerprint density at radius 1 is 0.875 bits per heavy atom. The summed E-state index contributed by atoms with van der Waals surface area (Å²) >= 11 is 0. The summed E-state index contributed by atoms with van der Waals surface area (Å²) in [4.78, 5) is 13.4. The predicted octanol–water partition coefficient (Wildman–Crippen LogP) is 5.72. The van der Waals surface area contributed by atoms with Gasteiger partial charge in [-0.15, -0.1) is 0 Å². The van der Waals surface area contributed by atoms with Crippen LogP contribution in [0.2, 0.25) is 0 Å². The van der Waals surface area contributed by atoms with Crippen LogP contribution in [0, 0.1) is 0 Å². The molecule has 1 atom stereocenters. The van der Waals surface area contributed by atoms with E-state index in [1.165, 1.54) is 20.3 Å². The second-order valence-corrected chi connectivity index (χ2v) is 7.54. The van der Waals surface area contributed by atoms with Crippen molar-refractivity contribution in [3.63, 3.8) is 0 Å². The zero-order valence-electron chi connectivity index (χ0n) is 18.3. The van der Waals surface area contributed by atoms with E-state index in [4.69, 9.17) is 9.47 Å². The van der Waals surface area contributed by atoms with E-state index in [-0.39, 0.29) is 17.7 Å². The number of nitrogens with one attached hydrogen (secondary N) is 1. The summed E-state index contributed by atoms with van der Waals surface area (Å²) in [5.41, 5.74) is 2.51. The Kier molecular flexibility index (Phi) is 5.99. The Hall–Kier alpha value is -3.99. The highest BCUT2D eigenvalue weighted by atomic mass is 16.5. The summed E-state index contributed by atoms with van der Waals surface area (Å²) in [5.74, 6) is 0.623. The molecule has 0 radical (unpaired) electrons. The van der Waals surface area contributed by atoms with Gasteiger partial charge in [-0.05, 0) is 29.3 Å². The third kappa shape index (κ3) is 3.97. The molecule has 1 amide bonds. The normalized spacial score (nSPS) is 11.7. The van der Waals surface area contributed by atoms with Crippen LogP contribution >= 0.6 is 0 Å². The first kappa shape index (κ1) is 21.2. The number of hydrogen-bond donors (Lipinski definition) is 2. The van der Waals surface area contributed by atoms with E-state index in [1.807, 2.05) is 67.6 Å². The van der Waals surface area contributed by atoms with E-state index in [1.54, 1.807) is 12.1 Å². The van der Waals surface area contributed by atoms with Crippen molar-refractivity contribution in [2.45, 2.75) is 13.0 Å². The van der Waals surface area contributed by atoms with Crippen molar-refractivity contribution >= 4 is 16.7 Å². The number of phenolic OH excluding ortho intramolecular Hbond substituents is 1. The molecule has 4 aromatic rings. The lowest BCUT2D eigenvalue weighted by atomic mass is 9.91. The van der Waals surface area contributed by atoms with Crippen LogP contribution in [0.5, 0.6) is 17.2 Å². The first-order valence-corrected chi connectivity index (χ1v) is 10.4. The molecular weight excluding hydrogens is 402 g/mol. The van der Waals surface area contributed by atoms with E-state index < -0.39 is 0 Å². The number of phenols is 1. The molecule has 0 unspecified atom stereocenters. The molecule has 0 spiro atoms. The number of carbonyl (C=O) groups excluding carboxylic acids is 1. The lowest BCUT2D eigenvalue weighted by Gasteiger charge is -2.20. The molecule has 162 valence electrons. The van der Waals surface area contributed by atoms with Gasteiger partial charge in [0.15, 0.2) is 0 Å². The van der Waals surface area contributed by atoms with Gasteiger partial charge >= 0.3 is 0 Å². The van der Waals surface area contributed by atoms with Crippen molar-refractivity contribution in [3.05, 3.63) is 90.0 Å². The average Bonchev–Trinajstić information content (AvgIpc) is 2.83. The highest BCUT2D eigenvalue weighted by Crippen LogP contribution is 2.45. The molecule has 4 rings (SSSR count). The molecule has 2 N–H and O–H groups in total. The number of fused-ring (bicyclic) bond motifs is 1. The second kappa shape index (κ2) is 9.02. The number of hydrogen-bond acceptors (Lipinski definition) is 4. The monoisotopic (exact) mass is 427 g/mol. The minimum atomic E-state index is -0.237. The van der Waals surface area contributed by atoms with Crippen molar-refractivity contribution in [1.29, 1.82) is 0 Å². The zero-order chi connectivity index (χ0) is 22.7. The number of methoxy groups -OCH3 is 2. The molecular formula is C27H25NO4. The zero-order valence-corrected chi connectivity index (χ0v) is 18.3. The average molecular weight is 428 g/mol. The van der Waals surface area contributed by atoms with Crippen LogP contribution in [0.4, 0.5) is 0 Å². The molecule has 0 heterocycles. The van der Waals surface area contributed by atoms with E-state index in [0.29, 0.717) is 28.2 Å². The van der Waals surface area contributed by atoms with Crippen molar-refractivity contribution in [1.82, 2.24) is 5.32 Å². The quantitative estimate of drug-likeness (QED) is 0.413. The summed E-state index contributed by atoms with van der Waals surface area (Å²) in [6.07, 6.45) is 0. The topological polar surface area (TPSA) is 67.8 Å². The molecule has 0 aliphatic carbocycles. The van der Waals surface area contributed by atoms with Crippen molar-refractivity contribution in [2.24, 2.45) is 0 Å². The van der Waals surface area contributed by atoms with Gasteiger partial charge in [-0.3, -0.25) is 4.79 Å². The summed E-state index contributed by atoms with van der Waals surface area (Å²) in [7, 11) is 3.05. The van der Waals surface area contributed by atoms with Gasteiger partial charge in [0.2, 0.25) is 0 Å². The van der Waals surface area contributed by atoms with Gasteiger partial charge in [-0.25, -0.2) is 0 Å². The Bertz CT molecular complexity index is 1270. The Balaban J connectivity index is 1.89. The van der Waals surface area contributed by atoms with Gasteiger partial charge in [0.1, 0.15) is 17.2 Å². The fourth-order valence-electron chi connectivity index (χ4n) is 3.94. The van der Waals surface area contributed by atoms with Crippen LogP contribution in [0.25, 0.3) is 21.9 Å². The molecule has 0 saturated carbocycles. The lowest BCUT2D eigenvalue weighted by Crippen LogP contribution is -2.27. The standard InChI is InChI=1S/C27H25NO4/c1-17(18-9-5-4-6-10-18)28-27(30)22-14-13-19-11-7-8-12-21(19)25(22)26-23(29)15-20(31-2)16-24(26)32-3/h4-17,29H,1-3H3,(H,28,30)/t17-/m0/s1. The minimum absolute atomic E-state index is 0.0253. The van der Waals surface area contributed by atoms with Crippen LogP contribution in [-0.4, -0.2) is 25.2 Å². The van der Waals surface area contributed by atoms with E-state index in [0.717, 1.165) is 16.3 Å². The first-order chi connectivity index (χ1) is 15.5. The van der Waals surface area contributed by atoms with Gasteiger partial charge in [0, 0.05) is 23.3 Å². The van der Waals surface area contributed by atoms with E-state index in [2.05, 4.69) is 5.32 Å². The van der Waals surface area contributed by atoms with Gasteiger partial charge in [-0.1, -0.05) is 60.7 Å². The fourth-order valence-corrected chi connectivity index (χ4v) is 3.94. The van der Waals surface area contributed by atoms with Gasteiger partial charge in [0.05, 0.1) is 25.8 Å².